The van der Waals surface area contributed by atoms with Crippen molar-refractivity contribution >= 4 is 23.6 Å². The summed E-state index contributed by atoms with van der Waals surface area (Å²) in [5.74, 6) is 1.73. The van der Waals surface area contributed by atoms with E-state index in [1.165, 1.54) is 0 Å². The number of nitrogens with zero attached hydrogens (tertiary/aromatic N) is 1. The Morgan fingerprint density at radius 1 is 1.69 bits per heavy atom. The summed E-state index contributed by atoms with van der Waals surface area (Å²) in [4.78, 5) is 15.7. The molecule has 0 bridgehead atoms. The predicted octanol–water partition coefficient (Wildman–Crippen LogP) is -0.0442. The first-order valence-corrected chi connectivity index (χ1v) is 5.42. The highest BCUT2D eigenvalue weighted by atomic mass is 32.2. The van der Waals surface area contributed by atoms with Gasteiger partial charge in [0.1, 0.15) is 5.54 Å². The number of guanidine groups is 1. The Balaban J connectivity index is 2.29. The number of rotatable bonds is 0. The average molecular weight is 199 g/mol. The van der Waals surface area contributed by atoms with E-state index in [0.29, 0.717) is 11.2 Å². The molecule has 13 heavy (non-hydrogen) atoms. The molecule has 2 rings (SSSR count). The normalized spacial score (nSPS) is 41.2. The van der Waals surface area contributed by atoms with Gasteiger partial charge in [0.05, 0.1) is 0 Å². The molecule has 0 aromatic carbocycles. The fourth-order valence-electron chi connectivity index (χ4n) is 1.83. The quantitative estimate of drug-likeness (QED) is 0.575. The molecule has 5 heteroatoms. The smallest absolute Gasteiger partial charge is 0.253 e. The van der Waals surface area contributed by atoms with Crippen molar-refractivity contribution in [1.29, 1.82) is 0 Å². The van der Waals surface area contributed by atoms with Crippen LogP contribution in [-0.2, 0) is 4.79 Å². The number of carbonyl (C=O) groups excluding carboxylic acids is 1. The first kappa shape index (κ1) is 8.87. The molecular weight excluding hydrogens is 186 g/mol. The van der Waals surface area contributed by atoms with Crippen molar-refractivity contribution < 1.29 is 4.79 Å². The summed E-state index contributed by atoms with van der Waals surface area (Å²) in [5, 5.41) is 6.26. The molecule has 0 aromatic heterocycles. The molecule has 0 aliphatic carbocycles. The molecule has 2 aliphatic heterocycles. The molecule has 0 saturated carbocycles. The van der Waals surface area contributed by atoms with Crippen LogP contribution >= 0.6 is 11.8 Å². The number of carbonyl (C=O) groups is 1. The van der Waals surface area contributed by atoms with Gasteiger partial charge in [-0.25, -0.2) is 0 Å². The van der Waals surface area contributed by atoms with Crippen molar-refractivity contribution in [2.45, 2.75) is 24.1 Å². The van der Waals surface area contributed by atoms with Gasteiger partial charge in [0.25, 0.3) is 5.91 Å². The van der Waals surface area contributed by atoms with Gasteiger partial charge in [-0.15, -0.1) is 0 Å². The van der Waals surface area contributed by atoms with Crippen LogP contribution in [0.2, 0.25) is 0 Å². The zero-order chi connectivity index (χ0) is 9.47. The van der Waals surface area contributed by atoms with Gasteiger partial charge in [-0.1, -0.05) is 6.92 Å². The Bertz CT molecular complexity index is 279. The molecule has 2 heterocycles. The van der Waals surface area contributed by atoms with E-state index in [1.54, 1.807) is 7.05 Å². The second-order valence-electron chi connectivity index (χ2n) is 3.39. The summed E-state index contributed by atoms with van der Waals surface area (Å²) in [6, 6.07) is 0. The largest absolute Gasteiger partial charge is 0.341 e. The Kier molecular flexibility index (Phi) is 1.98. The van der Waals surface area contributed by atoms with Gasteiger partial charge in [0.15, 0.2) is 5.96 Å². The molecule has 0 radical (unpaired) electrons. The van der Waals surface area contributed by atoms with Crippen LogP contribution in [0.15, 0.2) is 4.99 Å². The highest BCUT2D eigenvalue weighted by Gasteiger charge is 2.52. The molecule has 2 N–H and O–H groups in total. The highest BCUT2D eigenvalue weighted by Crippen LogP contribution is 2.37. The fourth-order valence-corrected chi connectivity index (χ4v) is 3.20. The van der Waals surface area contributed by atoms with E-state index in [1.807, 2.05) is 11.8 Å². The van der Waals surface area contributed by atoms with Gasteiger partial charge >= 0.3 is 0 Å². The Labute approximate surface area is 81.6 Å². The number of hydrogen-bond donors (Lipinski definition) is 2. The molecule has 4 nitrogen and oxygen atoms in total. The lowest BCUT2D eigenvalue weighted by molar-refractivity contribution is -0.123. The van der Waals surface area contributed by atoms with Crippen LogP contribution in [-0.4, -0.2) is 35.5 Å². The Morgan fingerprint density at radius 2 is 2.46 bits per heavy atom. The third kappa shape index (κ3) is 1.14. The molecule has 2 unspecified atom stereocenters. The third-order valence-electron chi connectivity index (χ3n) is 2.76. The van der Waals surface area contributed by atoms with E-state index >= 15 is 0 Å². The van der Waals surface area contributed by atoms with Crippen LogP contribution in [0.25, 0.3) is 0 Å². The number of amides is 1. The third-order valence-corrected chi connectivity index (χ3v) is 4.10. The van der Waals surface area contributed by atoms with E-state index in [9.17, 15) is 4.79 Å². The second kappa shape index (κ2) is 2.90. The van der Waals surface area contributed by atoms with Crippen molar-refractivity contribution in [3.63, 3.8) is 0 Å². The predicted molar refractivity (Wildman–Crippen MR) is 53.9 cm³/mol. The van der Waals surface area contributed by atoms with Crippen LogP contribution in [0, 0.1) is 0 Å². The molecule has 2 saturated heterocycles. The summed E-state index contributed by atoms with van der Waals surface area (Å²) in [5.41, 5.74) is -0.389. The highest BCUT2D eigenvalue weighted by molar-refractivity contribution is 8.00. The number of hydrogen-bond acceptors (Lipinski definition) is 3. The van der Waals surface area contributed by atoms with Gasteiger partial charge in [-0.2, -0.15) is 11.8 Å². The number of thioether (sulfide) groups is 1. The summed E-state index contributed by atoms with van der Waals surface area (Å²) < 4.78 is 0. The van der Waals surface area contributed by atoms with Gasteiger partial charge in [-0.05, 0) is 12.2 Å². The minimum atomic E-state index is -0.389. The Morgan fingerprint density at radius 3 is 2.92 bits per heavy atom. The van der Waals surface area contributed by atoms with Crippen LogP contribution in [0.3, 0.4) is 0 Å². The SMILES string of the molecule is CN=C1NC(=O)C2(CCSC2C)N1. The van der Waals surface area contributed by atoms with Crippen molar-refractivity contribution in [2.75, 3.05) is 12.8 Å². The number of aliphatic imine (C=N–C) groups is 1. The zero-order valence-electron chi connectivity index (χ0n) is 7.76. The van der Waals surface area contributed by atoms with Crippen molar-refractivity contribution in [2.24, 2.45) is 4.99 Å². The maximum absolute atomic E-state index is 11.7. The minimum Gasteiger partial charge on any atom is -0.341 e. The molecule has 0 aromatic rings. The van der Waals surface area contributed by atoms with Crippen molar-refractivity contribution in [3.05, 3.63) is 0 Å². The summed E-state index contributed by atoms with van der Waals surface area (Å²) >= 11 is 1.83. The molecule has 2 aliphatic rings. The summed E-state index contributed by atoms with van der Waals surface area (Å²) in [7, 11) is 1.67. The lowest BCUT2D eigenvalue weighted by Gasteiger charge is -2.24. The first-order chi connectivity index (χ1) is 6.19. The lowest BCUT2D eigenvalue weighted by atomic mass is 9.93. The monoisotopic (exact) mass is 199 g/mol. The maximum Gasteiger partial charge on any atom is 0.253 e. The average Bonchev–Trinajstić information content (AvgIpc) is 2.62. The number of nitrogens with one attached hydrogen (secondary N) is 2. The lowest BCUT2D eigenvalue weighted by Crippen LogP contribution is -2.51. The molecular formula is C8H13N3OS. The van der Waals surface area contributed by atoms with E-state index < -0.39 is 0 Å². The van der Waals surface area contributed by atoms with Crippen LogP contribution in [0.4, 0.5) is 0 Å². The zero-order valence-corrected chi connectivity index (χ0v) is 8.57. The van der Waals surface area contributed by atoms with Crippen LogP contribution in [0.5, 0.6) is 0 Å². The van der Waals surface area contributed by atoms with Crippen LogP contribution < -0.4 is 10.6 Å². The molecule has 1 spiro atoms. The van der Waals surface area contributed by atoms with E-state index in [4.69, 9.17) is 0 Å². The summed E-state index contributed by atoms with van der Waals surface area (Å²) in [6.45, 7) is 2.09. The van der Waals surface area contributed by atoms with Gasteiger partial charge in [0.2, 0.25) is 0 Å². The van der Waals surface area contributed by atoms with E-state index in [-0.39, 0.29) is 11.4 Å². The molecule has 2 fully saturated rings. The second-order valence-corrected chi connectivity index (χ2v) is 4.83. The summed E-state index contributed by atoms with van der Waals surface area (Å²) in [6.07, 6.45) is 0.893. The Hall–Kier alpha value is -0.710. The van der Waals surface area contributed by atoms with Gasteiger partial charge in [-0.3, -0.25) is 15.1 Å². The molecule has 1 amide bonds. The van der Waals surface area contributed by atoms with Gasteiger partial charge < -0.3 is 5.32 Å². The fraction of sp³-hybridized carbons (Fsp3) is 0.750. The van der Waals surface area contributed by atoms with Crippen molar-refractivity contribution in [3.8, 4) is 0 Å². The van der Waals surface area contributed by atoms with Crippen molar-refractivity contribution in [1.82, 2.24) is 10.6 Å². The van der Waals surface area contributed by atoms with E-state index in [2.05, 4.69) is 22.5 Å². The molecule has 2 atom stereocenters. The molecule has 72 valence electrons. The van der Waals surface area contributed by atoms with Gasteiger partial charge in [0, 0.05) is 12.3 Å². The van der Waals surface area contributed by atoms with E-state index in [0.717, 1.165) is 12.2 Å². The first-order valence-electron chi connectivity index (χ1n) is 4.37. The van der Waals surface area contributed by atoms with Crippen LogP contribution in [0.1, 0.15) is 13.3 Å². The maximum atomic E-state index is 11.7. The topological polar surface area (TPSA) is 53.5 Å². The minimum absolute atomic E-state index is 0.0746. The standard InChI is InChI=1S/C8H13N3OS/c1-5-8(3-4-13-5)6(12)10-7(9-2)11-8/h5H,3-4H2,1-2H3,(H2,9,10,11,12).